The zero-order valence-corrected chi connectivity index (χ0v) is 10.3. The van der Waals surface area contributed by atoms with E-state index in [0.29, 0.717) is 10.8 Å². The highest BCUT2D eigenvalue weighted by molar-refractivity contribution is 7.12. The number of hydrogen-bond acceptors (Lipinski definition) is 5. The van der Waals surface area contributed by atoms with Gasteiger partial charge in [0.2, 0.25) is 0 Å². The fourth-order valence-corrected chi connectivity index (χ4v) is 1.89. The third-order valence-corrected chi connectivity index (χ3v) is 2.95. The maximum absolute atomic E-state index is 11.7. The van der Waals surface area contributed by atoms with Crippen molar-refractivity contribution in [1.29, 1.82) is 0 Å². The molecule has 6 nitrogen and oxygen atoms in total. The number of carboxylic acids is 1. The Balaban J connectivity index is 2.11. The number of anilines is 1. The van der Waals surface area contributed by atoms with Crippen molar-refractivity contribution in [3.8, 4) is 0 Å². The third kappa shape index (κ3) is 2.82. The number of amides is 1. The molecule has 0 saturated carbocycles. The van der Waals surface area contributed by atoms with Crippen LogP contribution in [0.4, 0.5) is 5.82 Å². The lowest BCUT2D eigenvalue weighted by Gasteiger charge is -2.01. The van der Waals surface area contributed by atoms with E-state index in [1.807, 2.05) is 0 Å². The van der Waals surface area contributed by atoms with Crippen LogP contribution in [0.1, 0.15) is 20.3 Å². The molecular formula is C10H6ClN3O3S. The molecule has 0 aliphatic rings. The minimum absolute atomic E-state index is 0.0594. The van der Waals surface area contributed by atoms with Crippen LogP contribution in [0.15, 0.2) is 23.7 Å². The SMILES string of the molecule is O=C(O)c1csc(C(=O)Nc2ccc(Cl)cn2)n1. The van der Waals surface area contributed by atoms with E-state index >= 15 is 0 Å². The molecule has 0 aliphatic heterocycles. The molecule has 2 rings (SSSR count). The predicted molar refractivity (Wildman–Crippen MR) is 66.3 cm³/mol. The highest BCUT2D eigenvalue weighted by Crippen LogP contribution is 2.13. The molecule has 0 unspecified atom stereocenters. The fourth-order valence-electron chi connectivity index (χ4n) is 1.10. The summed E-state index contributed by atoms with van der Waals surface area (Å²) in [7, 11) is 0. The Labute approximate surface area is 110 Å². The van der Waals surface area contributed by atoms with Crippen LogP contribution < -0.4 is 5.32 Å². The third-order valence-electron chi connectivity index (χ3n) is 1.89. The Morgan fingerprint density at radius 2 is 2.17 bits per heavy atom. The van der Waals surface area contributed by atoms with E-state index in [4.69, 9.17) is 16.7 Å². The van der Waals surface area contributed by atoms with Gasteiger partial charge in [-0.05, 0) is 12.1 Å². The van der Waals surface area contributed by atoms with Gasteiger partial charge in [-0.3, -0.25) is 4.79 Å². The maximum atomic E-state index is 11.7. The van der Waals surface area contributed by atoms with Gasteiger partial charge in [0, 0.05) is 11.6 Å². The van der Waals surface area contributed by atoms with E-state index in [9.17, 15) is 9.59 Å². The number of thiazole rings is 1. The molecule has 0 aromatic carbocycles. The summed E-state index contributed by atoms with van der Waals surface area (Å²) in [4.78, 5) is 29.9. The zero-order chi connectivity index (χ0) is 13.1. The molecule has 1 amide bonds. The van der Waals surface area contributed by atoms with Crippen LogP contribution in [0, 0.1) is 0 Å². The summed E-state index contributed by atoms with van der Waals surface area (Å²) in [6, 6.07) is 3.11. The number of nitrogens with zero attached hydrogens (tertiary/aromatic N) is 2. The van der Waals surface area contributed by atoms with Gasteiger partial charge in [0.05, 0.1) is 5.02 Å². The van der Waals surface area contributed by atoms with Gasteiger partial charge in [-0.1, -0.05) is 11.6 Å². The molecule has 0 fully saturated rings. The molecule has 0 aliphatic carbocycles. The molecule has 0 saturated heterocycles. The molecule has 2 N–H and O–H groups in total. The molecule has 2 aromatic rings. The smallest absolute Gasteiger partial charge is 0.355 e. The van der Waals surface area contributed by atoms with Gasteiger partial charge in [-0.25, -0.2) is 14.8 Å². The lowest BCUT2D eigenvalue weighted by Crippen LogP contribution is -2.13. The van der Waals surface area contributed by atoms with E-state index in [0.717, 1.165) is 11.3 Å². The highest BCUT2D eigenvalue weighted by atomic mass is 35.5. The second-order valence-corrected chi connectivity index (χ2v) is 4.45. The molecule has 2 heterocycles. The predicted octanol–water partition coefficient (Wildman–Crippen LogP) is 2.14. The van der Waals surface area contributed by atoms with Gasteiger partial charge >= 0.3 is 5.97 Å². The zero-order valence-electron chi connectivity index (χ0n) is 8.75. The summed E-state index contributed by atoms with van der Waals surface area (Å²) in [6.45, 7) is 0. The first-order valence-electron chi connectivity index (χ1n) is 4.68. The first-order chi connectivity index (χ1) is 8.56. The van der Waals surface area contributed by atoms with Gasteiger partial charge in [0.25, 0.3) is 5.91 Å². The van der Waals surface area contributed by atoms with E-state index < -0.39 is 11.9 Å². The minimum atomic E-state index is -1.17. The molecule has 18 heavy (non-hydrogen) atoms. The number of aromatic carboxylic acids is 1. The fraction of sp³-hybridized carbons (Fsp3) is 0. The van der Waals surface area contributed by atoms with Crippen molar-refractivity contribution < 1.29 is 14.7 Å². The molecule has 0 radical (unpaired) electrons. The van der Waals surface area contributed by atoms with E-state index in [1.54, 1.807) is 6.07 Å². The van der Waals surface area contributed by atoms with Crippen molar-refractivity contribution in [3.05, 3.63) is 39.4 Å². The molecule has 92 valence electrons. The van der Waals surface area contributed by atoms with Crippen LogP contribution in [0.25, 0.3) is 0 Å². The van der Waals surface area contributed by atoms with E-state index in [2.05, 4.69) is 15.3 Å². The topological polar surface area (TPSA) is 92.2 Å². The lowest BCUT2D eigenvalue weighted by molar-refractivity contribution is 0.0691. The van der Waals surface area contributed by atoms with Crippen LogP contribution in [0.3, 0.4) is 0 Å². The highest BCUT2D eigenvalue weighted by Gasteiger charge is 2.15. The number of halogens is 1. The van der Waals surface area contributed by atoms with Crippen molar-refractivity contribution in [1.82, 2.24) is 9.97 Å². The number of carbonyl (C=O) groups is 2. The summed E-state index contributed by atoms with van der Waals surface area (Å²) in [5, 5.41) is 13.0. The summed E-state index contributed by atoms with van der Waals surface area (Å²) >= 11 is 6.60. The van der Waals surface area contributed by atoms with Crippen LogP contribution in [0.2, 0.25) is 5.02 Å². The number of hydrogen-bond donors (Lipinski definition) is 2. The standard InChI is InChI=1S/C10H6ClN3O3S/c11-5-1-2-7(12-3-5)14-8(15)9-13-6(4-18-9)10(16)17/h1-4H,(H,16,17)(H,12,14,15). The van der Waals surface area contributed by atoms with Crippen molar-refractivity contribution in [3.63, 3.8) is 0 Å². The summed E-state index contributed by atoms with van der Waals surface area (Å²) in [5.41, 5.74) is -0.158. The average Bonchev–Trinajstić information content (AvgIpc) is 2.81. The Morgan fingerprint density at radius 1 is 1.39 bits per heavy atom. The number of aromatic nitrogens is 2. The monoisotopic (exact) mass is 283 g/mol. The average molecular weight is 284 g/mol. The van der Waals surface area contributed by atoms with Gasteiger partial charge < -0.3 is 10.4 Å². The van der Waals surface area contributed by atoms with Crippen LogP contribution >= 0.6 is 22.9 Å². The number of pyridine rings is 1. The second kappa shape index (κ2) is 5.11. The first-order valence-corrected chi connectivity index (χ1v) is 5.94. The Bertz CT molecular complexity index is 597. The van der Waals surface area contributed by atoms with Crippen molar-refractivity contribution in [2.24, 2.45) is 0 Å². The molecular weight excluding hydrogens is 278 g/mol. The Hall–Kier alpha value is -1.99. The van der Waals surface area contributed by atoms with Crippen molar-refractivity contribution in [2.45, 2.75) is 0 Å². The number of carbonyl (C=O) groups excluding carboxylic acids is 1. The first kappa shape index (κ1) is 12.5. The van der Waals surface area contributed by atoms with E-state index in [-0.39, 0.29) is 10.7 Å². The van der Waals surface area contributed by atoms with E-state index in [1.165, 1.54) is 17.6 Å². The molecule has 0 spiro atoms. The van der Waals surface area contributed by atoms with Crippen molar-refractivity contribution in [2.75, 3.05) is 5.32 Å². The lowest BCUT2D eigenvalue weighted by atomic mass is 10.4. The van der Waals surface area contributed by atoms with Gasteiger partial charge in [-0.2, -0.15) is 0 Å². The number of nitrogens with one attached hydrogen (secondary N) is 1. The summed E-state index contributed by atoms with van der Waals surface area (Å²) in [6.07, 6.45) is 1.39. The molecule has 8 heteroatoms. The number of rotatable bonds is 3. The quantitative estimate of drug-likeness (QED) is 0.900. The van der Waals surface area contributed by atoms with Gasteiger partial charge in [0.1, 0.15) is 5.82 Å². The second-order valence-electron chi connectivity index (χ2n) is 3.16. The normalized spacial score (nSPS) is 10.1. The van der Waals surface area contributed by atoms with Crippen LogP contribution in [0.5, 0.6) is 0 Å². The Morgan fingerprint density at radius 3 is 2.72 bits per heavy atom. The van der Waals surface area contributed by atoms with Crippen LogP contribution in [-0.4, -0.2) is 27.0 Å². The van der Waals surface area contributed by atoms with Gasteiger partial charge in [0.15, 0.2) is 10.7 Å². The van der Waals surface area contributed by atoms with Gasteiger partial charge in [-0.15, -0.1) is 11.3 Å². The maximum Gasteiger partial charge on any atom is 0.355 e. The Kier molecular flexibility index (Phi) is 3.54. The largest absolute Gasteiger partial charge is 0.476 e. The summed E-state index contributed by atoms with van der Waals surface area (Å²) in [5.74, 6) is -1.37. The van der Waals surface area contributed by atoms with Crippen molar-refractivity contribution >= 4 is 40.6 Å². The molecule has 0 bridgehead atoms. The molecule has 2 aromatic heterocycles. The minimum Gasteiger partial charge on any atom is -0.476 e. The summed E-state index contributed by atoms with van der Waals surface area (Å²) < 4.78 is 0. The molecule has 0 atom stereocenters. The number of carboxylic acid groups (broad SMARTS) is 1. The van der Waals surface area contributed by atoms with Crippen LogP contribution in [-0.2, 0) is 0 Å².